The van der Waals surface area contributed by atoms with Crippen molar-refractivity contribution in [1.29, 1.82) is 0 Å². The predicted molar refractivity (Wildman–Crippen MR) is 105 cm³/mol. The second-order valence-corrected chi connectivity index (χ2v) is 7.22. The van der Waals surface area contributed by atoms with E-state index < -0.39 is 5.91 Å². The Balaban J connectivity index is 1.37. The third-order valence-electron chi connectivity index (χ3n) is 5.28. The lowest BCUT2D eigenvalue weighted by Crippen LogP contribution is -2.42. The standard InChI is InChI=1S/C18H21N9O3/c1-24-15(12(10-20-24)17(29)25-3-2-4-25)16(28)21-13-9-14-22-18(23-27(14)11-19-13)26-5-7-30-8-6-26/h9-11H,2-8H2,1H3,(H,21,28). The van der Waals surface area contributed by atoms with E-state index in [0.29, 0.717) is 43.7 Å². The molecule has 3 aromatic heterocycles. The van der Waals surface area contributed by atoms with E-state index in [1.165, 1.54) is 17.2 Å². The van der Waals surface area contributed by atoms with Crippen LogP contribution >= 0.6 is 0 Å². The zero-order valence-corrected chi connectivity index (χ0v) is 16.5. The van der Waals surface area contributed by atoms with Gasteiger partial charge in [0.05, 0.1) is 25.0 Å². The third kappa shape index (κ3) is 3.24. The number of aromatic nitrogens is 6. The van der Waals surface area contributed by atoms with Gasteiger partial charge in [-0.05, 0) is 6.42 Å². The van der Waals surface area contributed by atoms with Crippen LogP contribution in [0.3, 0.4) is 0 Å². The third-order valence-corrected chi connectivity index (χ3v) is 5.28. The molecule has 0 radical (unpaired) electrons. The number of nitrogens with zero attached hydrogens (tertiary/aromatic N) is 8. The zero-order chi connectivity index (χ0) is 20.7. The fraction of sp³-hybridized carbons (Fsp3) is 0.444. The first kappa shape index (κ1) is 18.5. The number of fused-ring (bicyclic) bond motifs is 1. The lowest BCUT2D eigenvalue weighted by Gasteiger charge is -2.30. The Labute approximate surface area is 171 Å². The van der Waals surface area contributed by atoms with Gasteiger partial charge >= 0.3 is 0 Å². The van der Waals surface area contributed by atoms with Crippen LogP contribution in [0.4, 0.5) is 11.8 Å². The van der Waals surface area contributed by atoms with Crippen LogP contribution in [-0.2, 0) is 11.8 Å². The van der Waals surface area contributed by atoms with Gasteiger partial charge in [-0.1, -0.05) is 0 Å². The number of hydrogen-bond donors (Lipinski definition) is 1. The molecule has 5 rings (SSSR count). The lowest BCUT2D eigenvalue weighted by molar-refractivity contribution is 0.0648. The number of ether oxygens (including phenoxy) is 1. The number of rotatable bonds is 4. The minimum atomic E-state index is -0.455. The Morgan fingerprint density at radius 3 is 2.70 bits per heavy atom. The van der Waals surface area contributed by atoms with Crippen molar-refractivity contribution in [2.24, 2.45) is 7.05 Å². The van der Waals surface area contributed by atoms with Crippen molar-refractivity contribution in [2.75, 3.05) is 49.6 Å². The number of amides is 2. The number of carbonyl (C=O) groups is 2. The maximum absolute atomic E-state index is 12.9. The molecular weight excluding hydrogens is 390 g/mol. The average molecular weight is 411 g/mol. The summed E-state index contributed by atoms with van der Waals surface area (Å²) in [4.78, 5) is 38.0. The first-order chi connectivity index (χ1) is 14.6. The van der Waals surface area contributed by atoms with Crippen LogP contribution in [0.2, 0.25) is 0 Å². The molecular formula is C18H21N9O3. The lowest BCUT2D eigenvalue weighted by atomic mass is 10.1. The number of nitrogens with one attached hydrogen (secondary N) is 1. The number of morpholine rings is 1. The number of carbonyl (C=O) groups excluding carboxylic acids is 2. The van der Waals surface area contributed by atoms with Crippen LogP contribution in [-0.4, -0.2) is 85.5 Å². The minimum Gasteiger partial charge on any atom is -0.378 e. The van der Waals surface area contributed by atoms with Crippen molar-refractivity contribution < 1.29 is 14.3 Å². The molecule has 2 aliphatic rings. The van der Waals surface area contributed by atoms with E-state index in [9.17, 15) is 9.59 Å². The molecule has 0 saturated carbocycles. The molecule has 0 bridgehead atoms. The highest BCUT2D eigenvalue weighted by atomic mass is 16.5. The van der Waals surface area contributed by atoms with Crippen molar-refractivity contribution in [3.63, 3.8) is 0 Å². The fourth-order valence-electron chi connectivity index (χ4n) is 3.48. The maximum atomic E-state index is 12.9. The molecule has 0 unspecified atom stereocenters. The molecule has 2 amide bonds. The molecule has 2 saturated heterocycles. The number of likely N-dealkylation sites (tertiary alicyclic amines) is 1. The Hall–Kier alpha value is -3.54. The first-order valence-electron chi connectivity index (χ1n) is 9.78. The van der Waals surface area contributed by atoms with Gasteiger partial charge in [0.1, 0.15) is 17.8 Å². The molecule has 12 nitrogen and oxygen atoms in total. The predicted octanol–water partition coefficient (Wildman–Crippen LogP) is -0.207. The molecule has 30 heavy (non-hydrogen) atoms. The molecule has 0 spiro atoms. The monoisotopic (exact) mass is 411 g/mol. The van der Waals surface area contributed by atoms with Gasteiger partial charge in [-0.3, -0.25) is 14.3 Å². The van der Waals surface area contributed by atoms with Crippen molar-refractivity contribution in [1.82, 2.24) is 34.3 Å². The highest BCUT2D eigenvalue weighted by Gasteiger charge is 2.29. The first-order valence-corrected chi connectivity index (χ1v) is 9.78. The molecule has 2 aliphatic heterocycles. The van der Waals surface area contributed by atoms with Crippen LogP contribution in [0.25, 0.3) is 5.65 Å². The van der Waals surface area contributed by atoms with Crippen molar-refractivity contribution >= 4 is 29.2 Å². The molecule has 2 fully saturated rings. The topological polar surface area (TPSA) is 123 Å². The van der Waals surface area contributed by atoms with Gasteiger partial charge in [-0.2, -0.15) is 10.1 Å². The van der Waals surface area contributed by atoms with Crippen molar-refractivity contribution in [2.45, 2.75) is 6.42 Å². The Morgan fingerprint density at radius 2 is 1.97 bits per heavy atom. The minimum absolute atomic E-state index is 0.185. The summed E-state index contributed by atoms with van der Waals surface area (Å²) in [5.41, 5.74) is 1.04. The van der Waals surface area contributed by atoms with Gasteiger partial charge in [0.25, 0.3) is 11.8 Å². The van der Waals surface area contributed by atoms with Gasteiger partial charge in [0, 0.05) is 39.3 Å². The molecule has 0 atom stereocenters. The maximum Gasteiger partial charge on any atom is 0.275 e. The summed E-state index contributed by atoms with van der Waals surface area (Å²) < 4.78 is 8.31. The second kappa shape index (κ2) is 7.37. The Kier molecular flexibility index (Phi) is 4.54. The summed E-state index contributed by atoms with van der Waals surface area (Å²) in [6, 6.07) is 1.64. The zero-order valence-electron chi connectivity index (χ0n) is 16.5. The second-order valence-electron chi connectivity index (χ2n) is 7.22. The summed E-state index contributed by atoms with van der Waals surface area (Å²) in [7, 11) is 1.63. The van der Waals surface area contributed by atoms with Crippen molar-refractivity contribution in [3.8, 4) is 0 Å². The van der Waals surface area contributed by atoms with Gasteiger partial charge < -0.3 is 19.9 Å². The van der Waals surface area contributed by atoms with Gasteiger partial charge in [0.15, 0.2) is 5.65 Å². The van der Waals surface area contributed by atoms with E-state index in [-0.39, 0.29) is 17.2 Å². The smallest absolute Gasteiger partial charge is 0.275 e. The van der Waals surface area contributed by atoms with E-state index in [1.54, 1.807) is 22.5 Å². The summed E-state index contributed by atoms with van der Waals surface area (Å²) >= 11 is 0. The van der Waals surface area contributed by atoms with Crippen LogP contribution in [0.5, 0.6) is 0 Å². The molecule has 3 aromatic rings. The van der Waals surface area contributed by atoms with E-state index in [0.717, 1.165) is 19.5 Å². The molecule has 156 valence electrons. The largest absolute Gasteiger partial charge is 0.378 e. The van der Waals surface area contributed by atoms with Gasteiger partial charge in [-0.15, -0.1) is 5.10 Å². The summed E-state index contributed by atoms with van der Waals surface area (Å²) in [6.07, 6.45) is 3.90. The number of aryl methyl sites for hydroxylation is 1. The van der Waals surface area contributed by atoms with Crippen LogP contribution in [0.1, 0.15) is 27.3 Å². The molecule has 1 N–H and O–H groups in total. The summed E-state index contributed by atoms with van der Waals surface area (Å²) in [6.45, 7) is 4.12. The van der Waals surface area contributed by atoms with Gasteiger partial charge in [-0.25, -0.2) is 9.50 Å². The SMILES string of the molecule is Cn1ncc(C(=O)N2CCC2)c1C(=O)Nc1cc2nc(N3CCOCC3)nn2cn1. The normalized spacial score (nSPS) is 16.6. The average Bonchev–Trinajstić information content (AvgIpc) is 3.30. The number of anilines is 2. The summed E-state index contributed by atoms with van der Waals surface area (Å²) in [5.74, 6) is 0.272. The highest BCUT2D eigenvalue weighted by molar-refractivity contribution is 6.10. The Bertz CT molecular complexity index is 1110. The van der Waals surface area contributed by atoms with Gasteiger partial charge in [0.2, 0.25) is 5.95 Å². The highest BCUT2D eigenvalue weighted by Crippen LogP contribution is 2.18. The van der Waals surface area contributed by atoms with E-state index >= 15 is 0 Å². The fourth-order valence-corrected chi connectivity index (χ4v) is 3.48. The number of hydrogen-bond acceptors (Lipinski definition) is 8. The molecule has 12 heteroatoms. The van der Waals surface area contributed by atoms with Crippen LogP contribution < -0.4 is 10.2 Å². The van der Waals surface area contributed by atoms with Crippen LogP contribution in [0.15, 0.2) is 18.6 Å². The van der Waals surface area contributed by atoms with Crippen LogP contribution in [0, 0.1) is 0 Å². The Morgan fingerprint density at radius 1 is 1.17 bits per heavy atom. The molecule has 5 heterocycles. The quantitative estimate of drug-likeness (QED) is 0.626. The molecule has 0 aromatic carbocycles. The van der Waals surface area contributed by atoms with E-state index in [1.807, 2.05) is 4.90 Å². The summed E-state index contributed by atoms with van der Waals surface area (Å²) in [5, 5.41) is 11.3. The van der Waals surface area contributed by atoms with E-state index in [4.69, 9.17) is 4.74 Å². The van der Waals surface area contributed by atoms with E-state index in [2.05, 4.69) is 25.5 Å². The molecule has 0 aliphatic carbocycles. The van der Waals surface area contributed by atoms with Crippen molar-refractivity contribution in [3.05, 3.63) is 29.8 Å².